The second-order valence-electron chi connectivity index (χ2n) is 8.51. The van der Waals surface area contributed by atoms with Gasteiger partial charge in [-0.3, -0.25) is 4.79 Å². The Morgan fingerprint density at radius 3 is 2.41 bits per heavy atom. The second kappa shape index (κ2) is 9.20. The zero-order valence-corrected chi connectivity index (χ0v) is 19.8. The molecular formula is C30H24ClNO2. The van der Waals surface area contributed by atoms with E-state index in [1.165, 1.54) is 0 Å². The van der Waals surface area contributed by atoms with Crippen molar-refractivity contribution in [2.75, 3.05) is 5.32 Å². The van der Waals surface area contributed by atoms with Gasteiger partial charge in [0, 0.05) is 28.4 Å². The van der Waals surface area contributed by atoms with E-state index in [0.29, 0.717) is 27.7 Å². The van der Waals surface area contributed by atoms with E-state index in [4.69, 9.17) is 16.3 Å². The Labute approximate surface area is 204 Å². The Morgan fingerprint density at radius 1 is 0.882 bits per heavy atom. The zero-order chi connectivity index (χ0) is 23.7. The number of hydrogen-bond acceptors (Lipinski definition) is 3. The topological polar surface area (TPSA) is 38.3 Å². The first kappa shape index (κ1) is 22.0. The van der Waals surface area contributed by atoms with Crippen LogP contribution < -0.4 is 10.1 Å². The molecule has 1 unspecified atom stereocenters. The van der Waals surface area contributed by atoms with E-state index >= 15 is 0 Å². The highest BCUT2D eigenvalue weighted by atomic mass is 35.5. The molecule has 1 atom stereocenters. The minimum absolute atomic E-state index is 0.0359. The van der Waals surface area contributed by atoms with Gasteiger partial charge in [0.2, 0.25) is 0 Å². The number of carbonyl (C=O) groups excluding carboxylic acids is 1. The van der Waals surface area contributed by atoms with Gasteiger partial charge < -0.3 is 10.1 Å². The van der Waals surface area contributed by atoms with Gasteiger partial charge in [0.1, 0.15) is 11.5 Å². The number of nitrogens with one attached hydrogen (secondary N) is 1. The van der Waals surface area contributed by atoms with Crippen LogP contribution in [0.15, 0.2) is 103 Å². The van der Waals surface area contributed by atoms with Gasteiger partial charge >= 0.3 is 0 Å². The van der Waals surface area contributed by atoms with Crippen molar-refractivity contribution in [3.05, 3.63) is 136 Å². The molecule has 34 heavy (non-hydrogen) atoms. The number of rotatable bonds is 5. The lowest BCUT2D eigenvalue weighted by Crippen LogP contribution is -2.06. The third-order valence-corrected chi connectivity index (χ3v) is 6.37. The van der Waals surface area contributed by atoms with Crippen LogP contribution in [0.5, 0.6) is 11.5 Å². The number of benzene rings is 4. The summed E-state index contributed by atoms with van der Waals surface area (Å²) in [6.07, 6.45) is 1.86. The summed E-state index contributed by atoms with van der Waals surface area (Å²) in [5.41, 5.74) is 6.55. The van der Waals surface area contributed by atoms with Gasteiger partial charge in [-0.15, -0.1) is 0 Å². The second-order valence-corrected chi connectivity index (χ2v) is 8.95. The number of ether oxygens (including phenoxy) is 1. The minimum atomic E-state index is -0.185. The van der Waals surface area contributed by atoms with Crippen molar-refractivity contribution >= 4 is 23.1 Å². The standard InChI is InChI=1S/C30H24ClNO2/c1-19-11-12-20(2)26(17-19)32-18-25-28(21-7-4-3-5-8-21)24-9-6-10-27(29(24)30(25)33)34-23-15-13-22(31)14-16-23/h3-18,28,32H,1-2H3/b25-18+. The van der Waals surface area contributed by atoms with E-state index in [-0.39, 0.29) is 11.7 Å². The lowest BCUT2D eigenvalue weighted by molar-refractivity contribution is 0.103. The highest BCUT2D eigenvalue weighted by Gasteiger charge is 2.38. The molecule has 0 spiro atoms. The SMILES string of the molecule is Cc1ccc(C)c(N/C=C2/C(=O)c3c(Oc4ccc(Cl)cc4)cccc3C2c2ccccc2)c1. The normalized spacial score (nSPS) is 15.9. The lowest BCUT2D eigenvalue weighted by atomic mass is 9.90. The molecule has 1 N–H and O–H groups in total. The summed E-state index contributed by atoms with van der Waals surface area (Å²) in [4.78, 5) is 13.8. The maximum atomic E-state index is 13.8. The zero-order valence-electron chi connectivity index (χ0n) is 19.0. The highest BCUT2D eigenvalue weighted by Crippen LogP contribution is 2.46. The highest BCUT2D eigenvalue weighted by molar-refractivity contribution is 6.30. The van der Waals surface area contributed by atoms with Gasteiger partial charge in [0.25, 0.3) is 0 Å². The molecule has 0 fully saturated rings. The van der Waals surface area contributed by atoms with E-state index < -0.39 is 0 Å². The van der Waals surface area contributed by atoms with Gasteiger partial charge in [-0.25, -0.2) is 0 Å². The first-order valence-electron chi connectivity index (χ1n) is 11.2. The molecule has 0 saturated carbocycles. The number of allylic oxidation sites excluding steroid dienone is 1. The monoisotopic (exact) mass is 465 g/mol. The molecular weight excluding hydrogens is 442 g/mol. The Hall–Kier alpha value is -3.82. The molecule has 0 aliphatic heterocycles. The summed E-state index contributed by atoms with van der Waals surface area (Å²) in [6, 6.07) is 29.3. The van der Waals surface area contributed by atoms with Crippen LogP contribution in [0, 0.1) is 13.8 Å². The fraction of sp³-hybridized carbons (Fsp3) is 0.100. The number of hydrogen-bond donors (Lipinski definition) is 1. The van der Waals surface area contributed by atoms with Gasteiger partial charge in [-0.2, -0.15) is 0 Å². The van der Waals surface area contributed by atoms with Crippen LogP contribution in [0.1, 0.15) is 38.5 Å². The predicted octanol–water partition coefficient (Wildman–Crippen LogP) is 8.07. The van der Waals surface area contributed by atoms with E-state index in [0.717, 1.165) is 27.9 Å². The van der Waals surface area contributed by atoms with E-state index in [1.54, 1.807) is 24.3 Å². The Bertz CT molecular complexity index is 1390. The predicted molar refractivity (Wildman–Crippen MR) is 138 cm³/mol. The van der Waals surface area contributed by atoms with Crippen LogP contribution in [-0.2, 0) is 0 Å². The number of Topliss-reactive ketones (excluding diaryl/α,β-unsaturated/α-hetero) is 1. The van der Waals surface area contributed by atoms with Crippen molar-refractivity contribution in [3.63, 3.8) is 0 Å². The maximum absolute atomic E-state index is 13.8. The molecule has 0 aromatic heterocycles. The maximum Gasteiger partial charge on any atom is 0.195 e. The van der Waals surface area contributed by atoms with Crippen LogP contribution in [0.25, 0.3) is 0 Å². The molecule has 0 heterocycles. The number of fused-ring (bicyclic) bond motifs is 1. The fourth-order valence-electron chi connectivity index (χ4n) is 4.39. The minimum Gasteiger partial charge on any atom is -0.457 e. The number of anilines is 1. The van der Waals surface area contributed by atoms with E-state index in [1.807, 2.05) is 42.6 Å². The number of aryl methyl sites for hydroxylation is 2. The Kier molecular flexibility index (Phi) is 5.95. The summed E-state index contributed by atoms with van der Waals surface area (Å²) in [5.74, 6) is 0.954. The molecule has 0 amide bonds. The van der Waals surface area contributed by atoms with Gasteiger partial charge in [-0.05, 0) is 72.5 Å². The quantitative estimate of drug-likeness (QED) is 0.303. The molecule has 3 nitrogen and oxygen atoms in total. The summed E-state index contributed by atoms with van der Waals surface area (Å²) >= 11 is 6.02. The average molecular weight is 466 g/mol. The molecule has 4 heteroatoms. The molecule has 4 aromatic carbocycles. The molecule has 1 aliphatic carbocycles. The van der Waals surface area contributed by atoms with Crippen LogP contribution in [0.4, 0.5) is 5.69 Å². The molecule has 168 valence electrons. The van der Waals surface area contributed by atoms with Gasteiger partial charge in [0.15, 0.2) is 5.78 Å². The first-order valence-corrected chi connectivity index (χ1v) is 11.6. The molecule has 0 radical (unpaired) electrons. The molecule has 0 saturated heterocycles. The van der Waals surface area contributed by atoms with Gasteiger partial charge in [0.05, 0.1) is 5.56 Å². The van der Waals surface area contributed by atoms with E-state index in [9.17, 15) is 4.79 Å². The van der Waals surface area contributed by atoms with Crippen molar-refractivity contribution in [1.82, 2.24) is 0 Å². The Morgan fingerprint density at radius 2 is 1.65 bits per heavy atom. The lowest BCUT2D eigenvalue weighted by Gasteiger charge is -2.15. The van der Waals surface area contributed by atoms with Crippen molar-refractivity contribution < 1.29 is 9.53 Å². The average Bonchev–Trinajstić information content (AvgIpc) is 3.14. The fourth-order valence-corrected chi connectivity index (χ4v) is 4.52. The van der Waals surface area contributed by atoms with Crippen molar-refractivity contribution in [1.29, 1.82) is 0 Å². The van der Waals surface area contributed by atoms with Crippen LogP contribution >= 0.6 is 11.6 Å². The summed E-state index contributed by atoms with van der Waals surface area (Å²) in [5, 5.41) is 4.03. The largest absolute Gasteiger partial charge is 0.457 e. The molecule has 1 aliphatic rings. The van der Waals surface area contributed by atoms with Crippen molar-refractivity contribution in [2.45, 2.75) is 19.8 Å². The summed E-state index contributed by atoms with van der Waals surface area (Å²) in [7, 11) is 0. The molecule has 0 bridgehead atoms. The van der Waals surface area contributed by atoms with Crippen molar-refractivity contribution in [2.24, 2.45) is 0 Å². The number of ketones is 1. The third kappa shape index (κ3) is 4.23. The summed E-state index contributed by atoms with van der Waals surface area (Å²) in [6.45, 7) is 4.11. The van der Waals surface area contributed by atoms with E-state index in [2.05, 4.69) is 49.5 Å². The Balaban J connectivity index is 1.59. The first-order chi connectivity index (χ1) is 16.5. The molecule has 5 rings (SSSR count). The van der Waals surface area contributed by atoms with Crippen LogP contribution in [0.3, 0.4) is 0 Å². The smallest absolute Gasteiger partial charge is 0.195 e. The third-order valence-electron chi connectivity index (χ3n) is 6.12. The van der Waals surface area contributed by atoms with Crippen LogP contribution in [0.2, 0.25) is 5.02 Å². The number of halogens is 1. The van der Waals surface area contributed by atoms with Crippen molar-refractivity contribution in [3.8, 4) is 11.5 Å². The summed E-state index contributed by atoms with van der Waals surface area (Å²) < 4.78 is 6.15. The van der Waals surface area contributed by atoms with Crippen LogP contribution in [-0.4, -0.2) is 5.78 Å². The number of carbonyl (C=O) groups is 1. The van der Waals surface area contributed by atoms with Gasteiger partial charge in [-0.1, -0.05) is 66.2 Å². The molecule has 4 aromatic rings.